The van der Waals surface area contributed by atoms with E-state index in [1.165, 1.54) is 0 Å². The summed E-state index contributed by atoms with van der Waals surface area (Å²) in [5.74, 6) is 1.48. The van der Waals surface area contributed by atoms with Gasteiger partial charge in [-0.1, -0.05) is 29.3 Å². The van der Waals surface area contributed by atoms with E-state index in [0.29, 0.717) is 22.3 Å². The number of benzene rings is 2. The Morgan fingerprint density at radius 3 is 2.56 bits per heavy atom. The van der Waals surface area contributed by atoms with E-state index in [9.17, 15) is 0 Å². The lowest BCUT2D eigenvalue weighted by Crippen LogP contribution is -2.06. The van der Waals surface area contributed by atoms with Crippen molar-refractivity contribution in [1.29, 1.82) is 0 Å². The second-order valence-electron chi connectivity index (χ2n) is 3.84. The summed E-state index contributed by atoms with van der Waals surface area (Å²) in [6, 6.07) is 12.9. The Labute approximate surface area is 116 Å². The predicted molar refractivity (Wildman–Crippen MR) is 75.7 cm³/mol. The van der Waals surface area contributed by atoms with Crippen LogP contribution in [0.15, 0.2) is 42.5 Å². The summed E-state index contributed by atoms with van der Waals surface area (Å²) in [6.45, 7) is 0.691. The first kappa shape index (κ1) is 13.2. The Bertz CT molecular complexity index is 543. The van der Waals surface area contributed by atoms with Gasteiger partial charge in [-0.15, -0.1) is 0 Å². The fraction of sp³-hybridized carbons (Fsp3) is 0.143. The van der Waals surface area contributed by atoms with E-state index >= 15 is 0 Å². The van der Waals surface area contributed by atoms with E-state index in [0.717, 1.165) is 11.3 Å². The number of nitrogens with one attached hydrogen (secondary N) is 1. The lowest BCUT2D eigenvalue weighted by atomic mass is 10.2. The Morgan fingerprint density at radius 1 is 1.06 bits per heavy atom. The van der Waals surface area contributed by atoms with Gasteiger partial charge in [-0.25, -0.2) is 0 Å². The quantitative estimate of drug-likeness (QED) is 0.891. The lowest BCUT2D eigenvalue weighted by molar-refractivity contribution is 0.474. The molecule has 0 fully saturated rings. The van der Waals surface area contributed by atoms with Crippen LogP contribution in [-0.2, 0) is 6.54 Å². The van der Waals surface area contributed by atoms with Crippen LogP contribution in [0.4, 0.5) is 0 Å². The summed E-state index contributed by atoms with van der Waals surface area (Å²) in [4.78, 5) is 0. The van der Waals surface area contributed by atoms with Crippen molar-refractivity contribution >= 4 is 23.2 Å². The van der Waals surface area contributed by atoms with Crippen molar-refractivity contribution in [3.8, 4) is 11.5 Å². The highest BCUT2D eigenvalue weighted by atomic mass is 35.5. The first-order valence-corrected chi connectivity index (χ1v) is 6.31. The normalized spacial score (nSPS) is 10.4. The minimum absolute atomic E-state index is 0.650. The van der Waals surface area contributed by atoms with Gasteiger partial charge in [-0.3, -0.25) is 0 Å². The van der Waals surface area contributed by atoms with Crippen molar-refractivity contribution in [3.05, 3.63) is 58.1 Å². The first-order valence-electron chi connectivity index (χ1n) is 5.55. The van der Waals surface area contributed by atoms with Crippen LogP contribution in [0.2, 0.25) is 10.0 Å². The zero-order valence-corrected chi connectivity index (χ0v) is 11.4. The largest absolute Gasteiger partial charge is 0.457 e. The SMILES string of the molecule is CNCc1cc(Cl)ccc1Oc1cccc(Cl)c1. The van der Waals surface area contributed by atoms with E-state index in [4.69, 9.17) is 27.9 Å². The smallest absolute Gasteiger partial charge is 0.132 e. The number of halogens is 2. The third kappa shape index (κ3) is 3.39. The second kappa shape index (κ2) is 6.10. The number of ether oxygens (including phenoxy) is 1. The van der Waals surface area contributed by atoms with Gasteiger partial charge in [0.25, 0.3) is 0 Å². The van der Waals surface area contributed by atoms with Gasteiger partial charge in [0.2, 0.25) is 0 Å². The van der Waals surface area contributed by atoms with Crippen LogP contribution < -0.4 is 10.1 Å². The van der Waals surface area contributed by atoms with E-state index in [2.05, 4.69) is 5.32 Å². The van der Waals surface area contributed by atoms with Crippen LogP contribution >= 0.6 is 23.2 Å². The molecule has 2 aromatic rings. The van der Waals surface area contributed by atoms with Crippen LogP contribution in [0.5, 0.6) is 11.5 Å². The van der Waals surface area contributed by atoms with Gasteiger partial charge in [-0.2, -0.15) is 0 Å². The highest BCUT2D eigenvalue weighted by Crippen LogP contribution is 2.29. The highest BCUT2D eigenvalue weighted by Gasteiger charge is 2.05. The van der Waals surface area contributed by atoms with Crippen molar-refractivity contribution in [1.82, 2.24) is 5.32 Å². The molecule has 0 aliphatic carbocycles. The van der Waals surface area contributed by atoms with E-state index in [-0.39, 0.29) is 0 Å². The van der Waals surface area contributed by atoms with Gasteiger partial charge >= 0.3 is 0 Å². The van der Waals surface area contributed by atoms with Crippen molar-refractivity contribution < 1.29 is 4.74 Å². The Hall–Kier alpha value is -1.22. The molecule has 94 valence electrons. The standard InChI is InChI=1S/C14H13Cl2NO/c1-17-9-10-7-12(16)5-6-14(10)18-13-4-2-3-11(15)8-13/h2-8,17H,9H2,1H3. The average Bonchev–Trinajstić information content (AvgIpc) is 2.33. The summed E-state index contributed by atoms with van der Waals surface area (Å²) in [5, 5.41) is 4.43. The van der Waals surface area contributed by atoms with Gasteiger partial charge in [-0.05, 0) is 43.4 Å². The fourth-order valence-corrected chi connectivity index (χ4v) is 2.01. The number of hydrogen-bond acceptors (Lipinski definition) is 2. The molecule has 0 saturated carbocycles. The van der Waals surface area contributed by atoms with Crippen LogP contribution in [0.25, 0.3) is 0 Å². The summed E-state index contributed by atoms with van der Waals surface area (Å²) >= 11 is 11.9. The summed E-state index contributed by atoms with van der Waals surface area (Å²) in [7, 11) is 1.88. The minimum Gasteiger partial charge on any atom is -0.457 e. The van der Waals surface area contributed by atoms with E-state index in [1.807, 2.05) is 37.4 Å². The van der Waals surface area contributed by atoms with Crippen LogP contribution in [0.3, 0.4) is 0 Å². The van der Waals surface area contributed by atoms with Crippen LogP contribution in [-0.4, -0.2) is 7.05 Å². The zero-order valence-electron chi connectivity index (χ0n) is 9.91. The molecular formula is C14H13Cl2NO. The molecule has 0 amide bonds. The van der Waals surface area contributed by atoms with Gasteiger partial charge in [0.05, 0.1) is 0 Å². The molecule has 18 heavy (non-hydrogen) atoms. The van der Waals surface area contributed by atoms with Crippen LogP contribution in [0.1, 0.15) is 5.56 Å². The maximum Gasteiger partial charge on any atom is 0.132 e. The molecule has 1 N–H and O–H groups in total. The molecule has 0 saturated heterocycles. The Balaban J connectivity index is 2.28. The molecular weight excluding hydrogens is 269 g/mol. The van der Waals surface area contributed by atoms with E-state index < -0.39 is 0 Å². The summed E-state index contributed by atoms with van der Waals surface area (Å²) < 4.78 is 5.81. The monoisotopic (exact) mass is 281 g/mol. The Morgan fingerprint density at radius 2 is 1.83 bits per heavy atom. The molecule has 0 unspecified atom stereocenters. The summed E-state index contributed by atoms with van der Waals surface area (Å²) in [5.41, 5.74) is 1.00. The van der Waals surface area contributed by atoms with Crippen molar-refractivity contribution in [2.75, 3.05) is 7.05 Å². The van der Waals surface area contributed by atoms with Gasteiger partial charge in [0.1, 0.15) is 11.5 Å². The predicted octanol–water partition coefficient (Wildman–Crippen LogP) is 4.51. The number of rotatable bonds is 4. The van der Waals surface area contributed by atoms with E-state index in [1.54, 1.807) is 12.1 Å². The van der Waals surface area contributed by atoms with Gasteiger partial charge in [0, 0.05) is 22.2 Å². The molecule has 2 nitrogen and oxygen atoms in total. The Kier molecular flexibility index (Phi) is 4.48. The maximum absolute atomic E-state index is 5.98. The van der Waals surface area contributed by atoms with Crippen molar-refractivity contribution in [2.24, 2.45) is 0 Å². The molecule has 0 heterocycles. The van der Waals surface area contributed by atoms with Crippen LogP contribution in [0, 0.1) is 0 Å². The number of hydrogen-bond donors (Lipinski definition) is 1. The molecule has 0 aliphatic heterocycles. The first-order chi connectivity index (χ1) is 8.69. The summed E-state index contributed by atoms with van der Waals surface area (Å²) in [6.07, 6.45) is 0. The molecule has 2 rings (SSSR count). The molecule has 2 aromatic carbocycles. The second-order valence-corrected chi connectivity index (χ2v) is 4.71. The molecule has 0 bridgehead atoms. The highest BCUT2D eigenvalue weighted by molar-refractivity contribution is 6.31. The molecule has 4 heteroatoms. The molecule has 0 aromatic heterocycles. The van der Waals surface area contributed by atoms with Crippen molar-refractivity contribution in [3.63, 3.8) is 0 Å². The minimum atomic E-state index is 0.650. The molecule has 0 spiro atoms. The third-order valence-electron chi connectivity index (χ3n) is 2.41. The fourth-order valence-electron chi connectivity index (χ4n) is 1.63. The zero-order chi connectivity index (χ0) is 13.0. The van der Waals surface area contributed by atoms with Gasteiger partial charge < -0.3 is 10.1 Å². The molecule has 0 atom stereocenters. The topological polar surface area (TPSA) is 21.3 Å². The van der Waals surface area contributed by atoms with Crippen molar-refractivity contribution in [2.45, 2.75) is 6.54 Å². The third-order valence-corrected chi connectivity index (χ3v) is 2.88. The van der Waals surface area contributed by atoms with Gasteiger partial charge in [0.15, 0.2) is 0 Å². The molecule has 0 aliphatic rings. The maximum atomic E-state index is 5.98. The average molecular weight is 282 g/mol. The molecule has 0 radical (unpaired) electrons. The lowest BCUT2D eigenvalue weighted by Gasteiger charge is -2.11.